The van der Waals surface area contributed by atoms with E-state index in [1.54, 1.807) is 0 Å². The molecule has 0 aliphatic carbocycles. The van der Waals surface area contributed by atoms with E-state index in [4.69, 9.17) is 9.47 Å². The number of allylic oxidation sites excluding steroid dienone is 8. The average molecular weight is 918 g/mol. The first-order valence-electron chi connectivity index (χ1n) is 27.3. The highest BCUT2D eigenvalue weighted by atomic mass is 16.7. The molecule has 1 rings (SSSR count). The van der Waals surface area contributed by atoms with Crippen LogP contribution in [-0.4, -0.2) is 87.5 Å². The quantitative estimate of drug-likeness (QED) is 0.0261. The van der Waals surface area contributed by atoms with Crippen LogP contribution in [0, 0.1) is 0 Å². The van der Waals surface area contributed by atoms with Crippen molar-refractivity contribution in [2.24, 2.45) is 0 Å². The lowest BCUT2D eigenvalue weighted by Gasteiger charge is -2.40. The number of hydrogen-bond acceptors (Lipinski definition) is 8. The molecule has 0 spiro atoms. The van der Waals surface area contributed by atoms with E-state index in [1.807, 2.05) is 0 Å². The zero-order valence-electron chi connectivity index (χ0n) is 42.0. The number of carbonyl (C=O) groups is 1. The van der Waals surface area contributed by atoms with Gasteiger partial charge in [0.15, 0.2) is 6.29 Å². The summed E-state index contributed by atoms with van der Waals surface area (Å²) in [4.78, 5) is 13.0. The minimum absolute atomic E-state index is 0.145. The molecule has 1 amide bonds. The molecule has 1 saturated heterocycles. The highest BCUT2D eigenvalue weighted by Crippen LogP contribution is 2.23. The van der Waals surface area contributed by atoms with Crippen molar-refractivity contribution in [1.29, 1.82) is 0 Å². The first kappa shape index (κ1) is 61.2. The standard InChI is InChI=1S/C56H103NO8/c1-3-5-7-9-11-13-15-17-19-21-23-24-25-26-28-29-31-33-35-37-39-41-43-45-50(59)49(48-64-56-55(63)54(62)53(61)51(47-58)65-56)57-52(60)46-44-42-40-38-36-34-32-30-27-22-20-18-16-14-12-10-8-6-4-2/h6,8,12,14,18,20,27,30,49-51,53-56,58-59,61-63H,3-5,7,9-11,13,15-17,19,21-26,28-29,31-48H2,1-2H3,(H,57,60)/b8-6-,14-12-,20-18-,30-27-. The van der Waals surface area contributed by atoms with Gasteiger partial charge in [-0.25, -0.2) is 0 Å². The zero-order valence-corrected chi connectivity index (χ0v) is 42.0. The van der Waals surface area contributed by atoms with Crippen LogP contribution < -0.4 is 5.32 Å². The number of rotatable bonds is 46. The number of aliphatic hydroxyl groups is 5. The third-order valence-corrected chi connectivity index (χ3v) is 12.9. The molecule has 9 nitrogen and oxygen atoms in total. The largest absolute Gasteiger partial charge is 0.394 e. The van der Waals surface area contributed by atoms with Crippen molar-refractivity contribution in [1.82, 2.24) is 5.32 Å². The molecule has 9 heteroatoms. The van der Waals surface area contributed by atoms with Gasteiger partial charge in [-0.2, -0.15) is 0 Å². The first-order valence-corrected chi connectivity index (χ1v) is 27.3. The maximum atomic E-state index is 13.0. The molecule has 0 aromatic carbocycles. The molecule has 7 atom stereocenters. The predicted molar refractivity (Wildman–Crippen MR) is 272 cm³/mol. The predicted octanol–water partition coefficient (Wildman–Crippen LogP) is 13.0. The second kappa shape index (κ2) is 45.9. The fourth-order valence-corrected chi connectivity index (χ4v) is 8.62. The maximum Gasteiger partial charge on any atom is 0.220 e. The Morgan fingerprint density at radius 2 is 0.954 bits per heavy atom. The Kier molecular flexibility index (Phi) is 43.2. The molecule has 1 fully saturated rings. The maximum absolute atomic E-state index is 13.0. The monoisotopic (exact) mass is 918 g/mol. The average Bonchev–Trinajstić information content (AvgIpc) is 3.31. The van der Waals surface area contributed by atoms with Crippen molar-refractivity contribution in [3.63, 3.8) is 0 Å². The summed E-state index contributed by atoms with van der Waals surface area (Å²) in [6, 6.07) is -0.729. The van der Waals surface area contributed by atoms with Crippen molar-refractivity contribution in [2.75, 3.05) is 13.2 Å². The van der Waals surface area contributed by atoms with Gasteiger partial charge < -0.3 is 40.3 Å². The Hall–Kier alpha value is -1.85. The fraction of sp³-hybridized carbons (Fsp3) is 0.839. The Bertz CT molecular complexity index is 1160. The summed E-state index contributed by atoms with van der Waals surface area (Å²) in [5.74, 6) is -0.157. The van der Waals surface area contributed by atoms with Crippen LogP contribution in [0.2, 0.25) is 0 Å². The topological polar surface area (TPSA) is 149 Å². The van der Waals surface area contributed by atoms with E-state index in [1.165, 1.54) is 141 Å². The molecule has 0 saturated carbocycles. The van der Waals surface area contributed by atoms with Gasteiger partial charge in [0.1, 0.15) is 24.4 Å². The number of ether oxygens (including phenoxy) is 2. The summed E-state index contributed by atoms with van der Waals surface area (Å²) in [7, 11) is 0. The van der Waals surface area contributed by atoms with Crippen LogP contribution in [0.15, 0.2) is 48.6 Å². The second-order valence-electron chi connectivity index (χ2n) is 19.0. The molecule has 0 aromatic heterocycles. The summed E-state index contributed by atoms with van der Waals surface area (Å²) in [5, 5.41) is 54.6. The van der Waals surface area contributed by atoms with Gasteiger partial charge in [-0.05, 0) is 51.4 Å². The summed E-state index contributed by atoms with van der Waals surface area (Å²) in [5.41, 5.74) is 0. The van der Waals surface area contributed by atoms with E-state index in [9.17, 15) is 30.3 Å². The second-order valence-corrected chi connectivity index (χ2v) is 19.0. The number of amides is 1. The van der Waals surface area contributed by atoms with Crippen LogP contribution in [0.1, 0.15) is 245 Å². The minimum Gasteiger partial charge on any atom is -0.394 e. The van der Waals surface area contributed by atoms with Crippen molar-refractivity contribution < 1.29 is 39.8 Å². The van der Waals surface area contributed by atoms with Crippen LogP contribution in [0.25, 0.3) is 0 Å². The normalized spacial score (nSPS) is 20.3. The van der Waals surface area contributed by atoms with Crippen molar-refractivity contribution in [3.05, 3.63) is 48.6 Å². The smallest absolute Gasteiger partial charge is 0.220 e. The van der Waals surface area contributed by atoms with Crippen LogP contribution in [0.3, 0.4) is 0 Å². The Morgan fingerprint density at radius 3 is 1.42 bits per heavy atom. The van der Waals surface area contributed by atoms with Crippen molar-refractivity contribution in [2.45, 2.75) is 288 Å². The van der Waals surface area contributed by atoms with Gasteiger partial charge in [0.05, 0.1) is 25.4 Å². The first-order chi connectivity index (χ1) is 31.8. The Morgan fingerprint density at radius 1 is 0.538 bits per heavy atom. The lowest BCUT2D eigenvalue weighted by molar-refractivity contribution is -0.302. The highest BCUT2D eigenvalue weighted by Gasteiger charge is 2.44. The Balaban J connectivity index is 2.24. The van der Waals surface area contributed by atoms with Crippen molar-refractivity contribution >= 4 is 5.91 Å². The lowest BCUT2D eigenvalue weighted by Crippen LogP contribution is -2.60. The van der Waals surface area contributed by atoms with E-state index >= 15 is 0 Å². The number of nitrogens with one attached hydrogen (secondary N) is 1. The van der Waals surface area contributed by atoms with Crippen molar-refractivity contribution in [3.8, 4) is 0 Å². The molecule has 1 heterocycles. The molecule has 1 aliphatic rings. The summed E-state index contributed by atoms with van der Waals surface area (Å²) >= 11 is 0. The van der Waals surface area contributed by atoms with Gasteiger partial charge in [-0.15, -0.1) is 0 Å². The van der Waals surface area contributed by atoms with Crippen LogP contribution in [0.5, 0.6) is 0 Å². The van der Waals surface area contributed by atoms with Crippen LogP contribution >= 0.6 is 0 Å². The van der Waals surface area contributed by atoms with Crippen LogP contribution in [-0.2, 0) is 14.3 Å². The van der Waals surface area contributed by atoms with Gasteiger partial charge in [0.2, 0.25) is 5.91 Å². The molecule has 6 N–H and O–H groups in total. The van der Waals surface area contributed by atoms with E-state index in [-0.39, 0.29) is 12.5 Å². The van der Waals surface area contributed by atoms with E-state index in [2.05, 4.69) is 67.8 Å². The molecule has 1 aliphatic heterocycles. The third kappa shape index (κ3) is 35.9. The van der Waals surface area contributed by atoms with E-state index in [0.717, 1.165) is 77.0 Å². The number of hydrogen-bond donors (Lipinski definition) is 6. The molecular formula is C56H103NO8. The van der Waals surface area contributed by atoms with Crippen LogP contribution in [0.4, 0.5) is 0 Å². The third-order valence-electron chi connectivity index (χ3n) is 12.9. The molecule has 0 radical (unpaired) electrons. The number of aliphatic hydroxyl groups excluding tert-OH is 5. The minimum atomic E-state index is -1.56. The molecule has 0 aromatic rings. The van der Waals surface area contributed by atoms with Gasteiger partial charge >= 0.3 is 0 Å². The number of unbranched alkanes of at least 4 members (excludes halogenated alkanes) is 28. The SMILES string of the molecule is CC/C=C\C/C=C\C/C=C\C/C=C\CCCCCCCCC(=O)NC(COC1OC(CO)C(O)C(O)C1O)C(O)CCCCCCCCCCCCCCCCCCCCCCCCC. The number of carbonyl (C=O) groups excluding carboxylic acids is 1. The fourth-order valence-electron chi connectivity index (χ4n) is 8.62. The van der Waals surface area contributed by atoms with Gasteiger partial charge in [-0.1, -0.05) is 236 Å². The zero-order chi connectivity index (χ0) is 47.3. The van der Waals surface area contributed by atoms with Gasteiger partial charge in [0.25, 0.3) is 0 Å². The summed E-state index contributed by atoms with van der Waals surface area (Å²) < 4.78 is 11.3. The summed E-state index contributed by atoms with van der Waals surface area (Å²) in [6.07, 6.45) is 52.7. The lowest BCUT2D eigenvalue weighted by atomic mass is 9.99. The van der Waals surface area contributed by atoms with E-state index < -0.39 is 49.5 Å². The molecule has 7 unspecified atom stereocenters. The van der Waals surface area contributed by atoms with E-state index in [0.29, 0.717) is 12.8 Å². The summed E-state index contributed by atoms with van der Waals surface area (Å²) in [6.45, 7) is 3.73. The molecule has 0 bridgehead atoms. The molecule has 65 heavy (non-hydrogen) atoms. The molecule has 380 valence electrons. The Labute approximate surface area is 399 Å². The van der Waals surface area contributed by atoms with Gasteiger partial charge in [0, 0.05) is 6.42 Å². The van der Waals surface area contributed by atoms with Gasteiger partial charge in [-0.3, -0.25) is 4.79 Å². The molecular weight excluding hydrogens is 815 g/mol. The highest BCUT2D eigenvalue weighted by molar-refractivity contribution is 5.76.